The first-order valence-corrected chi connectivity index (χ1v) is 11.7. The smallest absolute Gasteiger partial charge is 0.0822 e. The van der Waals surface area contributed by atoms with Gasteiger partial charge >= 0.3 is 0 Å². The van der Waals surface area contributed by atoms with Crippen LogP contribution >= 0.6 is 0 Å². The first kappa shape index (κ1) is 20.4. The molecule has 1 aromatic rings. The van der Waals surface area contributed by atoms with Gasteiger partial charge in [-0.25, -0.2) is 0 Å². The molecule has 0 bridgehead atoms. The Bertz CT molecular complexity index is 592. The average molecular weight is 366 g/mol. The van der Waals surface area contributed by atoms with Crippen LogP contribution in [-0.4, -0.2) is 0 Å². The SMILES string of the molecule is CCCCc1ccc([C@]2(C#N)CC[C@@H](C3CCC(CCC)CC3)CC2)cc1. The van der Waals surface area contributed by atoms with Crippen LogP contribution in [0.5, 0.6) is 0 Å². The van der Waals surface area contributed by atoms with Gasteiger partial charge in [-0.05, 0) is 80.2 Å². The number of nitriles is 1. The Kier molecular flexibility index (Phi) is 7.40. The van der Waals surface area contributed by atoms with Gasteiger partial charge in [0.2, 0.25) is 0 Å². The molecule has 0 saturated heterocycles. The Morgan fingerprint density at radius 1 is 0.889 bits per heavy atom. The fourth-order valence-electron chi connectivity index (χ4n) is 5.80. The molecule has 0 spiro atoms. The van der Waals surface area contributed by atoms with E-state index in [0.29, 0.717) is 0 Å². The highest BCUT2D eigenvalue weighted by atomic mass is 14.5. The molecule has 0 unspecified atom stereocenters. The molecule has 27 heavy (non-hydrogen) atoms. The van der Waals surface area contributed by atoms with E-state index in [4.69, 9.17) is 0 Å². The highest BCUT2D eigenvalue weighted by molar-refractivity contribution is 5.35. The summed E-state index contributed by atoms with van der Waals surface area (Å²) in [5.41, 5.74) is 2.47. The zero-order valence-electron chi connectivity index (χ0n) is 17.7. The summed E-state index contributed by atoms with van der Waals surface area (Å²) in [5, 5.41) is 10.0. The molecule has 0 atom stereocenters. The second-order valence-corrected chi connectivity index (χ2v) is 9.40. The molecule has 1 heteroatoms. The van der Waals surface area contributed by atoms with Gasteiger partial charge in [0.25, 0.3) is 0 Å². The third-order valence-electron chi connectivity index (χ3n) is 7.68. The number of hydrogen-bond acceptors (Lipinski definition) is 1. The van der Waals surface area contributed by atoms with Crippen molar-refractivity contribution in [3.8, 4) is 6.07 Å². The van der Waals surface area contributed by atoms with Crippen molar-refractivity contribution in [2.45, 2.75) is 103 Å². The van der Waals surface area contributed by atoms with E-state index < -0.39 is 0 Å². The van der Waals surface area contributed by atoms with Crippen molar-refractivity contribution in [1.29, 1.82) is 5.26 Å². The van der Waals surface area contributed by atoms with E-state index in [1.807, 2.05) is 0 Å². The number of unbranched alkanes of at least 4 members (excludes halogenated alkanes) is 1. The molecule has 2 fully saturated rings. The Morgan fingerprint density at radius 2 is 1.52 bits per heavy atom. The van der Waals surface area contributed by atoms with E-state index in [2.05, 4.69) is 44.2 Å². The molecular formula is C26H39N. The molecule has 1 nitrogen and oxygen atoms in total. The Hall–Kier alpha value is -1.29. The molecule has 2 aliphatic carbocycles. The van der Waals surface area contributed by atoms with E-state index in [1.54, 1.807) is 0 Å². The van der Waals surface area contributed by atoms with Crippen LogP contribution in [0, 0.1) is 29.1 Å². The minimum atomic E-state index is -0.223. The molecular weight excluding hydrogens is 326 g/mol. The van der Waals surface area contributed by atoms with Gasteiger partial charge in [0.1, 0.15) is 0 Å². The maximum absolute atomic E-state index is 10.0. The summed E-state index contributed by atoms with van der Waals surface area (Å²) in [6, 6.07) is 11.8. The van der Waals surface area contributed by atoms with Crippen LogP contribution in [0.3, 0.4) is 0 Å². The maximum atomic E-state index is 10.0. The number of rotatable bonds is 7. The summed E-state index contributed by atoms with van der Waals surface area (Å²) in [4.78, 5) is 0. The summed E-state index contributed by atoms with van der Waals surface area (Å²) in [7, 11) is 0. The van der Waals surface area contributed by atoms with Gasteiger partial charge in [-0.2, -0.15) is 5.26 Å². The van der Waals surface area contributed by atoms with E-state index in [1.165, 1.54) is 81.8 Å². The molecule has 2 saturated carbocycles. The lowest BCUT2D eigenvalue weighted by Gasteiger charge is -2.41. The summed E-state index contributed by atoms with van der Waals surface area (Å²) in [6.45, 7) is 4.57. The third-order valence-corrected chi connectivity index (χ3v) is 7.68. The number of benzene rings is 1. The Labute approximate surface area is 167 Å². The first-order valence-electron chi connectivity index (χ1n) is 11.7. The predicted molar refractivity (Wildman–Crippen MR) is 115 cm³/mol. The topological polar surface area (TPSA) is 23.8 Å². The lowest BCUT2D eigenvalue weighted by molar-refractivity contribution is 0.144. The Morgan fingerprint density at radius 3 is 2.07 bits per heavy atom. The fraction of sp³-hybridized carbons (Fsp3) is 0.731. The van der Waals surface area contributed by atoms with Crippen molar-refractivity contribution in [2.24, 2.45) is 17.8 Å². The Balaban J connectivity index is 1.56. The van der Waals surface area contributed by atoms with E-state index >= 15 is 0 Å². The third kappa shape index (κ3) is 4.96. The van der Waals surface area contributed by atoms with Crippen molar-refractivity contribution >= 4 is 0 Å². The van der Waals surface area contributed by atoms with Gasteiger partial charge in [-0.1, -0.05) is 70.2 Å². The van der Waals surface area contributed by atoms with E-state index in [9.17, 15) is 5.26 Å². The summed E-state index contributed by atoms with van der Waals surface area (Å²) < 4.78 is 0. The van der Waals surface area contributed by atoms with Crippen LogP contribution in [0.1, 0.15) is 102 Å². The molecule has 2 aliphatic rings. The molecule has 1 aromatic carbocycles. The van der Waals surface area contributed by atoms with Gasteiger partial charge in [0, 0.05) is 0 Å². The zero-order valence-corrected chi connectivity index (χ0v) is 17.7. The minimum absolute atomic E-state index is 0.223. The molecule has 3 rings (SSSR count). The van der Waals surface area contributed by atoms with Gasteiger partial charge in [-0.3, -0.25) is 0 Å². The van der Waals surface area contributed by atoms with Crippen molar-refractivity contribution < 1.29 is 0 Å². The van der Waals surface area contributed by atoms with Gasteiger partial charge < -0.3 is 0 Å². The van der Waals surface area contributed by atoms with Crippen molar-refractivity contribution in [3.05, 3.63) is 35.4 Å². The van der Waals surface area contributed by atoms with Gasteiger partial charge in [0.15, 0.2) is 0 Å². The minimum Gasteiger partial charge on any atom is -0.197 e. The second kappa shape index (κ2) is 9.77. The number of hydrogen-bond donors (Lipinski definition) is 0. The van der Waals surface area contributed by atoms with Crippen LogP contribution in [0.2, 0.25) is 0 Å². The van der Waals surface area contributed by atoms with Crippen LogP contribution in [0.4, 0.5) is 0 Å². The monoisotopic (exact) mass is 365 g/mol. The standard InChI is InChI=1S/C26H39N/c1-3-5-7-22-10-14-25(15-11-22)26(20-27)18-16-24(17-19-26)23-12-8-21(6-4-2)9-13-23/h10-11,14-15,21,23-24H,3-9,12-13,16-19H2,1-2H3/t21?,23?,24-,26-. The average Bonchev–Trinajstić information content (AvgIpc) is 2.73. The van der Waals surface area contributed by atoms with Crippen molar-refractivity contribution in [2.75, 3.05) is 0 Å². The lowest BCUT2D eigenvalue weighted by atomic mass is 9.62. The van der Waals surface area contributed by atoms with Crippen molar-refractivity contribution in [1.82, 2.24) is 0 Å². The lowest BCUT2D eigenvalue weighted by Crippen LogP contribution is -2.33. The predicted octanol–water partition coefficient (Wildman–Crippen LogP) is 7.59. The highest BCUT2D eigenvalue weighted by Crippen LogP contribution is 2.47. The van der Waals surface area contributed by atoms with E-state index in [0.717, 1.165) is 30.6 Å². The molecule has 0 amide bonds. The molecule has 148 valence electrons. The molecule has 0 N–H and O–H groups in total. The van der Waals surface area contributed by atoms with Crippen LogP contribution in [0.15, 0.2) is 24.3 Å². The molecule has 0 aliphatic heterocycles. The summed E-state index contributed by atoms with van der Waals surface area (Å²) in [5.74, 6) is 2.81. The molecule has 0 aromatic heterocycles. The largest absolute Gasteiger partial charge is 0.197 e. The first-order chi connectivity index (χ1) is 13.2. The van der Waals surface area contributed by atoms with Gasteiger partial charge in [0.05, 0.1) is 11.5 Å². The quantitative estimate of drug-likeness (QED) is 0.488. The van der Waals surface area contributed by atoms with E-state index in [-0.39, 0.29) is 5.41 Å². The van der Waals surface area contributed by atoms with Crippen LogP contribution in [-0.2, 0) is 11.8 Å². The molecule has 0 heterocycles. The summed E-state index contributed by atoms with van der Waals surface area (Å²) in [6.07, 6.45) is 16.9. The van der Waals surface area contributed by atoms with Gasteiger partial charge in [-0.15, -0.1) is 0 Å². The highest BCUT2D eigenvalue weighted by Gasteiger charge is 2.39. The normalized spacial score (nSPS) is 31.4. The van der Waals surface area contributed by atoms with Crippen molar-refractivity contribution in [3.63, 3.8) is 0 Å². The van der Waals surface area contributed by atoms with Crippen LogP contribution in [0.25, 0.3) is 0 Å². The molecule has 0 radical (unpaired) electrons. The maximum Gasteiger partial charge on any atom is 0.0822 e. The summed E-state index contributed by atoms with van der Waals surface area (Å²) >= 11 is 0. The van der Waals surface area contributed by atoms with Crippen LogP contribution < -0.4 is 0 Å². The number of nitrogens with zero attached hydrogens (tertiary/aromatic N) is 1. The fourth-order valence-corrected chi connectivity index (χ4v) is 5.80. The zero-order chi connectivity index (χ0) is 19.1. The number of aryl methyl sites for hydroxylation is 1. The second-order valence-electron chi connectivity index (χ2n) is 9.40.